The third-order valence-corrected chi connectivity index (χ3v) is 7.24. The molecular formula is C29H20Cl2N2O3S. The number of anilines is 1. The fraction of sp³-hybridized carbons (Fsp3) is 0.0690. The second-order valence-electron chi connectivity index (χ2n) is 8.09. The van der Waals surface area contributed by atoms with Gasteiger partial charge < -0.3 is 10.1 Å². The monoisotopic (exact) mass is 546 g/mol. The van der Waals surface area contributed by atoms with E-state index in [0.29, 0.717) is 48.3 Å². The van der Waals surface area contributed by atoms with Crippen LogP contribution >= 0.6 is 34.5 Å². The third-order valence-electron chi connectivity index (χ3n) is 5.76. The number of halogens is 2. The summed E-state index contributed by atoms with van der Waals surface area (Å²) < 4.78 is 5.33. The molecule has 5 rings (SSSR count). The Morgan fingerprint density at radius 3 is 2.43 bits per heavy atom. The molecule has 37 heavy (non-hydrogen) atoms. The number of ether oxygens (including phenoxy) is 1. The molecule has 5 aromatic rings. The van der Waals surface area contributed by atoms with E-state index in [9.17, 15) is 9.59 Å². The fourth-order valence-electron chi connectivity index (χ4n) is 4.04. The van der Waals surface area contributed by atoms with Gasteiger partial charge in [-0.1, -0.05) is 71.7 Å². The number of benzene rings is 3. The van der Waals surface area contributed by atoms with Crippen LogP contribution in [0.25, 0.3) is 33.3 Å². The highest BCUT2D eigenvalue weighted by Gasteiger charge is 2.24. The lowest BCUT2D eigenvalue weighted by Gasteiger charge is -2.12. The minimum Gasteiger partial charge on any atom is -0.462 e. The maximum absolute atomic E-state index is 13.7. The number of fused-ring (bicyclic) bond motifs is 1. The normalized spacial score (nSPS) is 10.9. The number of esters is 1. The van der Waals surface area contributed by atoms with E-state index < -0.39 is 5.97 Å². The number of aromatic nitrogens is 1. The van der Waals surface area contributed by atoms with E-state index >= 15 is 0 Å². The van der Waals surface area contributed by atoms with E-state index in [1.807, 2.05) is 60.0 Å². The Bertz CT molecular complexity index is 1630. The van der Waals surface area contributed by atoms with Crippen LogP contribution in [0.5, 0.6) is 0 Å². The summed E-state index contributed by atoms with van der Waals surface area (Å²) in [5, 5.41) is 6.97. The number of carbonyl (C=O) groups excluding carboxylic acids is 2. The van der Waals surface area contributed by atoms with Crippen molar-refractivity contribution in [2.75, 3.05) is 11.9 Å². The minimum absolute atomic E-state index is 0.207. The number of hydrogen-bond acceptors (Lipinski definition) is 5. The van der Waals surface area contributed by atoms with Crippen molar-refractivity contribution in [2.24, 2.45) is 0 Å². The van der Waals surface area contributed by atoms with Gasteiger partial charge in [0.15, 0.2) is 0 Å². The van der Waals surface area contributed by atoms with E-state index in [1.165, 1.54) is 11.3 Å². The van der Waals surface area contributed by atoms with Crippen molar-refractivity contribution in [2.45, 2.75) is 6.92 Å². The van der Waals surface area contributed by atoms with Crippen molar-refractivity contribution < 1.29 is 14.3 Å². The number of nitrogens with zero attached hydrogens (tertiary/aromatic N) is 1. The topological polar surface area (TPSA) is 68.3 Å². The number of hydrogen-bond donors (Lipinski definition) is 1. The molecule has 2 aromatic heterocycles. The first kappa shape index (κ1) is 25.0. The predicted octanol–water partition coefficient (Wildman–Crippen LogP) is 8.37. The highest BCUT2D eigenvalue weighted by Crippen LogP contribution is 2.37. The molecule has 3 aromatic carbocycles. The SMILES string of the molecule is CCOC(=O)c1c(-c2ccc(Cl)cc2)csc1NC(=O)c1cc(-c2ccccc2Cl)nc2ccccc12. The predicted molar refractivity (Wildman–Crippen MR) is 151 cm³/mol. The van der Waals surface area contributed by atoms with Gasteiger partial charge >= 0.3 is 5.97 Å². The smallest absolute Gasteiger partial charge is 0.341 e. The molecule has 0 aliphatic carbocycles. The van der Waals surface area contributed by atoms with E-state index in [1.54, 1.807) is 31.2 Å². The Morgan fingerprint density at radius 1 is 0.946 bits per heavy atom. The molecule has 8 heteroatoms. The summed E-state index contributed by atoms with van der Waals surface area (Å²) in [5.74, 6) is -0.887. The van der Waals surface area contributed by atoms with Crippen LogP contribution in [0.1, 0.15) is 27.6 Å². The highest BCUT2D eigenvalue weighted by molar-refractivity contribution is 7.15. The largest absolute Gasteiger partial charge is 0.462 e. The van der Waals surface area contributed by atoms with Gasteiger partial charge in [-0.05, 0) is 42.8 Å². The molecular weight excluding hydrogens is 527 g/mol. The molecule has 184 valence electrons. The first-order valence-electron chi connectivity index (χ1n) is 11.5. The lowest BCUT2D eigenvalue weighted by Crippen LogP contribution is -2.15. The fourth-order valence-corrected chi connectivity index (χ4v) is 5.35. The molecule has 0 radical (unpaired) electrons. The van der Waals surface area contributed by atoms with Crippen LogP contribution in [0, 0.1) is 0 Å². The summed E-state index contributed by atoms with van der Waals surface area (Å²) in [6.45, 7) is 1.95. The van der Waals surface area contributed by atoms with Gasteiger partial charge in [-0.25, -0.2) is 9.78 Å². The number of nitrogens with one attached hydrogen (secondary N) is 1. The first-order valence-corrected chi connectivity index (χ1v) is 13.1. The lowest BCUT2D eigenvalue weighted by atomic mass is 10.0. The second-order valence-corrected chi connectivity index (χ2v) is 9.81. The number of para-hydroxylation sites is 1. The van der Waals surface area contributed by atoms with Crippen LogP contribution in [0.2, 0.25) is 10.0 Å². The van der Waals surface area contributed by atoms with E-state index in [2.05, 4.69) is 5.32 Å². The van der Waals surface area contributed by atoms with Crippen LogP contribution in [0.3, 0.4) is 0 Å². The average molecular weight is 547 g/mol. The van der Waals surface area contributed by atoms with Crippen LogP contribution in [-0.2, 0) is 4.74 Å². The Labute approximate surface area is 227 Å². The molecule has 1 N–H and O–H groups in total. The molecule has 0 atom stereocenters. The van der Waals surface area contributed by atoms with Gasteiger partial charge in [0, 0.05) is 31.9 Å². The summed E-state index contributed by atoms with van der Waals surface area (Å²) in [6, 6.07) is 23.6. The summed E-state index contributed by atoms with van der Waals surface area (Å²) in [4.78, 5) is 31.4. The summed E-state index contributed by atoms with van der Waals surface area (Å²) in [7, 11) is 0. The van der Waals surface area contributed by atoms with Crippen molar-refractivity contribution in [1.29, 1.82) is 0 Å². The Morgan fingerprint density at radius 2 is 1.68 bits per heavy atom. The van der Waals surface area contributed by atoms with E-state index in [4.69, 9.17) is 32.9 Å². The van der Waals surface area contributed by atoms with Crippen molar-refractivity contribution in [1.82, 2.24) is 4.98 Å². The van der Waals surface area contributed by atoms with Gasteiger partial charge in [-0.3, -0.25) is 4.79 Å². The number of amides is 1. The summed E-state index contributed by atoms with van der Waals surface area (Å²) in [5.41, 5.74) is 4.12. The zero-order chi connectivity index (χ0) is 25.9. The maximum Gasteiger partial charge on any atom is 0.341 e. The average Bonchev–Trinajstić information content (AvgIpc) is 3.32. The third kappa shape index (κ3) is 5.09. The molecule has 0 fully saturated rings. The maximum atomic E-state index is 13.7. The summed E-state index contributed by atoms with van der Waals surface area (Å²) >= 11 is 13.7. The van der Waals surface area contributed by atoms with Crippen LogP contribution in [0.15, 0.2) is 84.2 Å². The zero-order valence-corrected chi connectivity index (χ0v) is 22.0. The van der Waals surface area contributed by atoms with Crippen molar-refractivity contribution in [3.63, 3.8) is 0 Å². The van der Waals surface area contributed by atoms with Crippen LogP contribution < -0.4 is 5.32 Å². The Kier molecular flexibility index (Phi) is 7.24. The highest BCUT2D eigenvalue weighted by atomic mass is 35.5. The molecule has 0 aliphatic rings. The summed E-state index contributed by atoms with van der Waals surface area (Å²) in [6.07, 6.45) is 0. The lowest BCUT2D eigenvalue weighted by molar-refractivity contribution is 0.0529. The molecule has 0 bridgehead atoms. The standard InChI is InChI=1S/C29H20Cl2N2O3S/c1-2-36-29(35)26-22(17-11-13-18(30)14-12-17)16-37-28(26)33-27(34)21-15-25(20-8-3-5-9-23(20)31)32-24-10-6-4-7-19(21)24/h3-16H,2H2,1H3,(H,33,34). The van der Waals surface area contributed by atoms with E-state index in [-0.39, 0.29) is 12.5 Å². The zero-order valence-electron chi connectivity index (χ0n) is 19.6. The molecule has 0 saturated heterocycles. The minimum atomic E-state index is -0.514. The van der Waals surface area contributed by atoms with Crippen LogP contribution in [-0.4, -0.2) is 23.5 Å². The molecule has 0 spiro atoms. The van der Waals surface area contributed by atoms with Crippen molar-refractivity contribution >= 4 is 62.3 Å². The number of rotatable bonds is 6. The van der Waals surface area contributed by atoms with Gasteiger partial charge in [0.05, 0.1) is 23.4 Å². The Hall–Kier alpha value is -3.71. The molecule has 2 heterocycles. The quantitative estimate of drug-likeness (QED) is 0.217. The van der Waals surface area contributed by atoms with Gasteiger partial charge in [-0.15, -0.1) is 11.3 Å². The molecule has 0 aliphatic heterocycles. The van der Waals surface area contributed by atoms with Gasteiger partial charge in [0.1, 0.15) is 10.6 Å². The van der Waals surface area contributed by atoms with E-state index in [0.717, 1.165) is 11.1 Å². The molecule has 5 nitrogen and oxygen atoms in total. The Balaban J connectivity index is 1.59. The van der Waals surface area contributed by atoms with Gasteiger partial charge in [-0.2, -0.15) is 0 Å². The number of thiophene rings is 1. The van der Waals surface area contributed by atoms with Crippen LogP contribution in [0.4, 0.5) is 5.00 Å². The van der Waals surface area contributed by atoms with Crippen molar-refractivity contribution in [3.8, 4) is 22.4 Å². The molecule has 1 amide bonds. The van der Waals surface area contributed by atoms with Gasteiger partial charge in [0.2, 0.25) is 0 Å². The number of carbonyl (C=O) groups is 2. The first-order chi connectivity index (χ1) is 18.0. The molecule has 0 unspecified atom stereocenters. The van der Waals surface area contributed by atoms with Crippen molar-refractivity contribution in [3.05, 3.63) is 105 Å². The number of pyridine rings is 1. The van der Waals surface area contributed by atoms with Gasteiger partial charge in [0.25, 0.3) is 5.91 Å². The molecule has 0 saturated carbocycles. The second kappa shape index (κ2) is 10.7.